The van der Waals surface area contributed by atoms with E-state index in [1.54, 1.807) is 11.6 Å². The topological polar surface area (TPSA) is 71.8 Å². The van der Waals surface area contributed by atoms with Crippen LogP contribution in [0, 0.1) is 6.92 Å². The second kappa shape index (κ2) is 3.71. The minimum absolute atomic E-state index is 0.298. The SMILES string of the molecule is C=CCC[C@@]1(C)NNc2nc(=O)c(C)nn21. The first-order valence-corrected chi connectivity index (χ1v) is 5.19. The van der Waals surface area contributed by atoms with Gasteiger partial charge in [0.1, 0.15) is 11.4 Å². The average Bonchev–Trinajstić information content (AvgIpc) is 2.56. The van der Waals surface area contributed by atoms with E-state index in [2.05, 4.69) is 27.5 Å². The number of rotatable bonds is 3. The van der Waals surface area contributed by atoms with Crippen LogP contribution in [0.1, 0.15) is 25.5 Å². The van der Waals surface area contributed by atoms with Crippen molar-refractivity contribution in [3.63, 3.8) is 0 Å². The van der Waals surface area contributed by atoms with Crippen molar-refractivity contribution >= 4 is 5.95 Å². The summed E-state index contributed by atoms with van der Waals surface area (Å²) in [6.07, 6.45) is 3.54. The van der Waals surface area contributed by atoms with E-state index in [9.17, 15) is 4.79 Å². The average molecular weight is 221 g/mol. The van der Waals surface area contributed by atoms with E-state index >= 15 is 0 Å². The molecule has 2 heterocycles. The van der Waals surface area contributed by atoms with Gasteiger partial charge in [-0.3, -0.25) is 10.2 Å². The van der Waals surface area contributed by atoms with Crippen molar-refractivity contribution in [2.24, 2.45) is 0 Å². The summed E-state index contributed by atoms with van der Waals surface area (Å²) in [6, 6.07) is 0. The van der Waals surface area contributed by atoms with Crippen LogP contribution in [0.15, 0.2) is 17.4 Å². The summed E-state index contributed by atoms with van der Waals surface area (Å²) in [6.45, 7) is 7.36. The molecule has 16 heavy (non-hydrogen) atoms. The van der Waals surface area contributed by atoms with Crippen molar-refractivity contribution in [3.05, 3.63) is 28.7 Å². The first-order chi connectivity index (χ1) is 7.57. The number of nitrogens with one attached hydrogen (secondary N) is 2. The van der Waals surface area contributed by atoms with E-state index in [1.165, 1.54) is 0 Å². The third kappa shape index (κ3) is 1.61. The Morgan fingerprint density at radius 1 is 1.62 bits per heavy atom. The number of fused-ring (bicyclic) bond motifs is 1. The first kappa shape index (κ1) is 10.8. The van der Waals surface area contributed by atoms with Gasteiger partial charge in [-0.1, -0.05) is 6.08 Å². The zero-order valence-corrected chi connectivity index (χ0v) is 9.45. The predicted molar refractivity (Wildman–Crippen MR) is 60.9 cm³/mol. The van der Waals surface area contributed by atoms with Gasteiger partial charge in [0.05, 0.1) is 0 Å². The minimum Gasteiger partial charge on any atom is -0.288 e. The second-order valence-electron chi connectivity index (χ2n) is 4.09. The number of nitrogens with zero attached hydrogens (tertiary/aromatic N) is 3. The monoisotopic (exact) mass is 221 g/mol. The molecule has 0 radical (unpaired) electrons. The number of anilines is 1. The van der Waals surface area contributed by atoms with Crippen LogP contribution >= 0.6 is 0 Å². The van der Waals surface area contributed by atoms with Crippen LogP contribution < -0.4 is 16.4 Å². The van der Waals surface area contributed by atoms with Gasteiger partial charge >= 0.3 is 0 Å². The minimum atomic E-state index is -0.366. The van der Waals surface area contributed by atoms with Crippen molar-refractivity contribution in [2.45, 2.75) is 32.4 Å². The summed E-state index contributed by atoms with van der Waals surface area (Å²) < 4.78 is 1.72. The lowest BCUT2D eigenvalue weighted by Crippen LogP contribution is -2.41. The molecule has 0 amide bonds. The first-order valence-electron chi connectivity index (χ1n) is 5.19. The molecule has 2 N–H and O–H groups in total. The van der Waals surface area contributed by atoms with Gasteiger partial charge in [-0.05, 0) is 26.7 Å². The highest BCUT2D eigenvalue weighted by molar-refractivity contribution is 5.28. The maximum absolute atomic E-state index is 11.3. The Morgan fingerprint density at radius 2 is 2.38 bits per heavy atom. The molecule has 1 aliphatic heterocycles. The second-order valence-corrected chi connectivity index (χ2v) is 4.09. The van der Waals surface area contributed by atoms with Crippen molar-refractivity contribution in [1.82, 2.24) is 20.2 Å². The maximum Gasteiger partial charge on any atom is 0.296 e. The van der Waals surface area contributed by atoms with Gasteiger partial charge in [-0.25, -0.2) is 10.1 Å². The molecule has 0 unspecified atom stereocenters. The van der Waals surface area contributed by atoms with Crippen LogP contribution in [0.25, 0.3) is 0 Å². The number of hydrazine groups is 1. The Bertz CT molecular complexity index is 481. The highest BCUT2D eigenvalue weighted by Gasteiger charge is 2.34. The molecular weight excluding hydrogens is 206 g/mol. The summed E-state index contributed by atoms with van der Waals surface area (Å²) in [4.78, 5) is 15.2. The molecule has 0 bridgehead atoms. The van der Waals surface area contributed by atoms with E-state index < -0.39 is 0 Å². The molecular formula is C10H15N5O. The van der Waals surface area contributed by atoms with Crippen LogP contribution in [0.2, 0.25) is 0 Å². The molecule has 1 atom stereocenters. The van der Waals surface area contributed by atoms with E-state index in [4.69, 9.17) is 0 Å². The van der Waals surface area contributed by atoms with E-state index in [0.29, 0.717) is 11.6 Å². The van der Waals surface area contributed by atoms with Crippen LogP contribution in [0.4, 0.5) is 5.95 Å². The van der Waals surface area contributed by atoms with Gasteiger partial charge in [0.25, 0.3) is 5.56 Å². The Kier molecular flexibility index (Phi) is 2.51. The van der Waals surface area contributed by atoms with Gasteiger partial charge in [-0.2, -0.15) is 10.1 Å². The summed E-state index contributed by atoms with van der Waals surface area (Å²) in [5, 5.41) is 4.24. The molecule has 0 aromatic carbocycles. The van der Waals surface area contributed by atoms with Crippen LogP contribution in [-0.4, -0.2) is 14.8 Å². The lowest BCUT2D eigenvalue weighted by atomic mass is 10.1. The molecule has 1 aromatic rings. The van der Waals surface area contributed by atoms with E-state index in [-0.39, 0.29) is 11.2 Å². The Labute approximate surface area is 93.4 Å². The number of hydrogen-bond donors (Lipinski definition) is 2. The molecule has 6 heteroatoms. The standard InChI is InChI=1S/C10H15N5O/c1-4-5-6-10(3)14-12-9-11-8(16)7(2)13-15(9)10/h4,14H,1,5-6H2,2-3H3,(H,11,12,16)/t10-/m0/s1. The molecule has 0 saturated carbocycles. The van der Waals surface area contributed by atoms with Crippen LogP contribution in [0.5, 0.6) is 0 Å². The lowest BCUT2D eigenvalue weighted by molar-refractivity contribution is 0.246. The third-order valence-corrected chi connectivity index (χ3v) is 2.71. The van der Waals surface area contributed by atoms with Gasteiger partial charge in [0.2, 0.25) is 5.95 Å². The number of allylic oxidation sites excluding steroid dienone is 1. The van der Waals surface area contributed by atoms with Crippen molar-refractivity contribution in [3.8, 4) is 0 Å². The molecule has 6 nitrogen and oxygen atoms in total. The quantitative estimate of drug-likeness (QED) is 0.728. The largest absolute Gasteiger partial charge is 0.296 e. The van der Waals surface area contributed by atoms with Gasteiger partial charge in [0.15, 0.2) is 0 Å². The van der Waals surface area contributed by atoms with Crippen molar-refractivity contribution < 1.29 is 0 Å². The lowest BCUT2D eigenvalue weighted by Gasteiger charge is -2.24. The van der Waals surface area contributed by atoms with Gasteiger partial charge in [0, 0.05) is 0 Å². The Balaban J connectivity index is 2.42. The molecule has 0 aliphatic carbocycles. The summed E-state index contributed by atoms with van der Waals surface area (Å²) in [5.74, 6) is 0.460. The zero-order valence-electron chi connectivity index (χ0n) is 9.45. The van der Waals surface area contributed by atoms with E-state index in [0.717, 1.165) is 12.8 Å². The summed E-state index contributed by atoms with van der Waals surface area (Å²) in [7, 11) is 0. The van der Waals surface area contributed by atoms with Crippen LogP contribution in [-0.2, 0) is 5.66 Å². The highest BCUT2D eigenvalue weighted by atomic mass is 16.1. The highest BCUT2D eigenvalue weighted by Crippen LogP contribution is 2.25. The number of aromatic nitrogens is 3. The van der Waals surface area contributed by atoms with Gasteiger partial charge in [-0.15, -0.1) is 6.58 Å². The van der Waals surface area contributed by atoms with E-state index in [1.807, 2.05) is 13.0 Å². The van der Waals surface area contributed by atoms with Crippen molar-refractivity contribution in [2.75, 3.05) is 5.43 Å². The fourth-order valence-electron chi connectivity index (χ4n) is 1.68. The zero-order chi connectivity index (χ0) is 11.8. The van der Waals surface area contributed by atoms with Crippen LogP contribution in [0.3, 0.4) is 0 Å². The molecule has 86 valence electrons. The normalized spacial score (nSPS) is 22.6. The molecule has 2 rings (SSSR count). The number of aryl methyl sites for hydroxylation is 1. The fraction of sp³-hybridized carbons (Fsp3) is 0.500. The van der Waals surface area contributed by atoms with Crippen molar-refractivity contribution in [1.29, 1.82) is 0 Å². The maximum atomic E-state index is 11.3. The smallest absolute Gasteiger partial charge is 0.288 e. The molecule has 0 spiro atoms. The Hall–Kier alpha value is -1.69. The predicted octanol–water partition coefficient (Wildman–Crippen LogP) is 0.516. The summed E-state index contributed by atoms with van der Waals surface area (Å²) >= 11 is 0. The Morgan fingerprint density at radius 3 is 3.06 bits per heavy atom. The summed E-state index contributed by atoms with van der Waals surface area (Å²) in [5.41, 5.74) is 5.70. The third-order valence-electron chi connectivity index (χ3n) is 2.71. The number of hydrogen-bond acceptors (Lipinski definition) is 5. The molecule has 0 fully saturated rings. The molecule has 1 aliphatic rings. The molecule has 0 saturated heterocycles. The molecule has 1 aromatic heterocycles. The fourth-order valence-corrected chi connectivity index (χ4v) is 1.68. The van der Waals surface area contributed by atoms with Gasteiger partial charge < -0.3 is 0 Å².